The Kier molecular flexibility index (Phi) is 12.0. The van der Waals surface area contributed by atoms with Gasteiger partial charge in [-0.1, -0.05) is 0 Å². The maximum atomic E-state index is 12.9. The van der Waals surface area contributed by atoms with Gasteiger partial charge in [-0.25, -0.2) is 4.79 Å². The molecule has 8 heteroatoms. The highest BCUT2D eigenvalue weighted by Crippen LogP contribution is 2.32. The molecule has 1 aliphatic carbocycles. The third-order valence-electron chi connectivity index (χ3n) is 6.66. The minimum atomic E-state index is -0.445. The van der Waals surface area contributed by atoms with Crippen molar-refractivity contribution in [2.75, 3.05) is 52.4 Å². The van der Waals surface area contributed by atoms with E-state index in [2.05, 4.69) is 22.0 Å². The second kappa shape index (κ2) is 14.0. The monoisotopic (exact) mass is 577 g/mol. The van der Waals surface area contributed by atoms with Crippen LogP contribution in [0.4, 0.5) is 4.79 Å². The van der Waals surface area contributed by atoms with E-state index in [1.807, 2.05) is 25.7 Å². The molecule has 0 aromatic heterocycles. The van der Waals surface area contributed by atoms with E-state index in [9.17, 15) is 4.79 Å². The number of likely N-dealkylation sites (tertiary alicyclic amines) is 2. The second-order valence-corrected chi connectivity index (χ2v) is 10.8. The van der Waals surface area contributed by atoms with Gasteiger partial charge in [0.05, 0.1) is 0 Å². The summed E-state index contributed by atoms with van der Waals surface area (Å²) in [5.41, 5.74) is -0.445. The lowest BCUT2D eigenvalue weighted by molar-refractivity contribution is 0.00928. The van der Waals surface area contributed by atoms with Crippen LogP contribution in [0.25, 0.3) is 0 Å². The van der Waals surface area contributed by atoms with E-state index >= 15 is 0 Å². The number of hydrogen-bond donors (Lipinski definition) is 1. The first-order valence-electron chi connectivity index (χ1n) is 13.1. The molecule has 1 saturated carbocycles. The van der Waals surface area contributed by atoms with E-state index in [1.54, 1.807) is 0 Å². The Hall–Kier alpha value is -0.770. The van der Waals surface area contributed by atoms with Crippen LogP contribution in [-0.4, -0.2) is 90.8 Å². The predicted molar refractivity (Wildman–Crippen MR) is 147 cm³/mol. The molecule has 7 nitrogen and oxygen atoms in total. The molecule has 0 aromatic rings. The molecule has 0 spiro atoms. The largest absolute Gasteiger partial charge is 0.444 e. The van der Waals surface area contributed by atoms with E-state index in [0.29, 0.717) is 5.92 Å². The molecule has 3 rings (SSSR count). The molecule has 2 aliphatic heterocycles. The van der Waals surface area contributed by atoms with Gasteiger partial charge in [-0.15, -0.1) is 24.0 Å². The van der Waals surface area contributed by atoms with E-state index in [0.717, 1.165) is 57.9 Å². The van der Waals surface area contributed by atoms with Crippen LogP contribution < -0.4 is 5.32 Å². The summed E-state index contributed by atoms with van der Waals surface area (Å²) < 4.78 is 5.74. The van der Waals surface area contributed by atoms with Gasteiger partial charge >= 0.3 is 6.09 Å². The minimum Gasteiger partial charge on any atom is -0.444 e. The number of carbonyl (C=O) groups is 1. The number of nitrogens with one attached hydrogen (secondary N) is 1. The molecule has 192 valence electrons. The van der Waals surface area contributed by atoms with Crippen LogP contribution in [-0.2, 0) is 4.74 Å². The topological polar surface area (TPSA) is 60.4 Å². The van der Waals surface area contributed by atoms with Crippen LogP contribution >= 0.6 is 24.0 Å². The first-order chi connectivity index (χ1) is 15.4. The quantitative estimate of drug-likeness (QED) is 0.189. The number of aliphatic imine (C=N–C) groups is 1. The van der Waals surface area contributed by atoms with Gasteiger partial charge in [-0.2, -0.15) is 0 Å². The van der Waals surface area contributed by atoms with Gasteiger partial charge in [0, 0.05) is 38.8 Å². The molecule has 0 aromatic carbocycles. The summed E-state index contributed by atoms with van der Waals surface area (Å²) in [5, 5.41) is 3.48. The van der Waals surface area contributed by atoms with E-state index in [-0.39, 0.29) is 36.1 Å². The smallest absolute Gasteiger partial charge is 0.410 e. The van der Waals surface area contributed by atoms with Gasteiger partial charge in [0.2, 0.25) is 0 Å². The SMILES string of the molecule is CCNC(=NCCCCN1CCCC1)N1CCC(N(CC2CC2)C(=O)OC(C)(C)C)CC1.I. The molecular weight excluding hydrogens is 529 g/mol. The Labute approximate surface area is 219 Å². The fourth-order valence-electron chi connectivity index (χ4n) is 4.73. The van der Waals surface area contributed by atoms with Crippen LogP contribution in [0.2, 0.25) is 0 Å². The van der Waals surface area contributed by atoms with Crippen molar-refractivity contribution in [2.45, 2.75) is 90.7 Å². The molecule has 1 amide bonds. The number of piperidine rings is 1. The number of halogens is 1. The summed E-state index contributed by atoms with van der Waals surface area (Å²) in [6, 6.07) is 0.269. The fraction of sp³-hybridized carbons (Fsp3) is 0.920. The van der Waals surface area contributed by atoms with Gasteiger partial charge in [0.1, 0.15) is 5.60 Å². The molecular formula is C25H48IN5O2. The average molecular weight is 578 g/mol. The molecule has 0 atom stereocenters. The zero-order valence-electron chi connectivity index (χ0n) is 21.5. The zero-order chi connectivity index (χ0) is 23.0. The number of unbranched alkanes of at least 4 members (excludes halogenated alkanes) is 1. The summed E-state index contributed by atoms with van der Waals surface area (Å²) in [4.78, 5) is 24.8. The van der Waals surface area contributed by atoms with Crippen LogP contribution in [0.15, 0.2) is 4.99 Å². The standard InChI is InChI=1S/C25H47N5O2.HI/c1-5-26-23(27-14-6-7-15-28-16-8-9-17-28)29-18-12-22(13-19-29)30(20-21-10-11-21)24(31)32-25(2,3)4;/h21-22H,5-20H2,1-4H3,(H,26,27);1H. The van der Waals surface area contributed by atoms with Crippen molar-refractivity contribution < 1.29 is 9.53 Å². The Morgan fingerprint density at radius 3 is 2.30 bits per heavy atom. The van der Waals surface area contributed by atoms with Gasteiger partial charge in [-0.3, -0.25) is 4.99 Å². The number of guanidine groups is 1. The van der Waals surface area contributed by atoms with Gasteiger partial charge in [0.15, 0.2) is 5.96 Å². The molecule has 33 heavy (non-hydrogen) atoms. The van der Waals surface area contributed by atoms with Gasteiger partial charge < -0.3 is 24.8 Å². The van der Waals surface area contributed by atoms with E-state index in [4.69, 9.17) is 9.73 Å². The van der Waals surface area contributed by atoms with Gasteiger partial charge in [-0.05, 0) is 105 Å². The maximum Gasteiger partial charge on any atom is 0.410 e. The normalized spacial score (nSPS) is 20.5. The summed E-state index contributed by atoms with van der Waals surface area (Å²) in [5.74, 6) is 1.71. The van der Waals surface area contributed by atoms with Crippen LogP contribution in [0.3, 0.4) is 0 Å². The van der Waals surface area contributed by atoms with Crippen molar-refractivity contribution in [3.05, 3.63) is 0 Å². The van der Waals surface area contributed by atoms with Crippen molar-refractivity contribution >= 4 is 36.0 Å². The highest BCUT2D eigenvalue weighted by molar-refractivity contribution is 14.0. The third kappa shape index (κ3) is 10.2. The first kappa shape index (κ1) is 28.5. The minimum absolute atomic E-state index is 0. The molecule has 2 saturated heterocycles. The highest BCUT2D eigenvalue weighted by Gasteiger charge is 2.35. The van der Waals surface area contributed by atoms with Crippen molar-refractivity contribution in [3.63, 3.8) is 0 Å². The summed E-state index contributed by atoms with van der Waals surface area (Å²) in [7, 11) is 0. The Balaban J connectivity index is 0.00000385. The van der Waals surface area contributed by atoms with Crippen LogP contribution in [0.5, 0.6) is 0 Å². The average Bonchev–Trinajstić information content (AvgIpc) is 3.42. The molecule has 0 bridgehead atoms. The van der Waals surface area contributed by atoms with Gasteiger partial charge in [0.25, 0.3) is 0 Å². The third-order valence-corrected chi connectivity index (χ3v) is 6.66. The second-order valence-electron chi connectivity index (χ2n) is 10.8. The number of hydrogen-bond acceptors (Lipinski definition) is 4. The highest BCUT2D eigenvalue weighted by atomic mass is 127. The van der Waals surface area contributed by atoms with Crippen molar-refractivity contribution in [2.24, 2.45) is 10.9 Å². The zero-order valence-corrected chi connectivity index (χ0v) is 23.8. The fourth-order valence-corrected chi connectivity index (χ4v) is 4.73. The van der Waals surface area contributed by atoms with E-state index < -0.39 is 5.60 Å². The molecule has 3 aliphatic rings. The summed E-state index contributed by atoms with van der Waals surface area (Å²) in [6.45, 7) is 16.3. The number of ether oxygens (including phenoxy) is 1. The molecule has 2 heterocycles. The lowest BCUT2D eigenvalue weighted by Crippen LogP contribution is -2.52. The van der Waals surface area contributed by atoms with Crippen molar-refractivity contribution in [3.8, 4) is 0 Å². The van der Waals surface area contributed by atoms with Crippen LogP contribution in [0, 0.1) is 5.92 Å². The maximum absolute atomic E-state index is 12.9. The Morgan fingerprint density at radius 1 is 1.06 bits per heavy atom. The number of amides is 1. The lowest BCUT2D eigenvalue weighted by atomic mass is 10.0. The number of carbonyl (C=O) groups excluding carboxylic acids is 1. The van der Waals surface area contributed by atoms with Crippen molar-refractivity contribution in [1.29, 1.82) is 0 Å². The molecule has 0 radical (unpaired) electrons. The Bertz CT molecular complexity index is 606. The predicted octanol–water partition coefficient (Wildman–Crippen LogP) is 4.56. The number of nitrogens with zero attached hydrogens (tertiary/aromatic N) is 4. The molecule has 0 unspecified atom stereocenters. The molecule has 3 fully saturated rings. The number of rotatable bonds is 9. The molecule has 1 N–H and O–H groups in total. The van der Waals surface area contributed by atoms with Crippen LogP contribution in [0.1, 0.15) is 79.1 Å². The lowest BCUT2D eigenvalue weighted by Gasteiger charge is -2.40. The summed E-state index contributed by atoms with van der Waals surface area (Å²) >= 11 is 0. The Morgan fingerprint density at radius 2 is 1.73 bits per heavy atom. The van der Waals surface area contributed by atoms with Crippen molar-refractivity contribution in [1.82, 2.24) is 20.0 Å². The van der Waals surface area contributed by atoms with E-state index in [1.165, 1.54) is 51.7 Å². The summed E-state index contributed by atoms with van der Waals surface area (Å²) in [6.07, 6.45) is 9.42. The first-order valence-corrected chi connectivity index (χ1v) is 13.1.